The first-order valence-corrected chi connectivity index (χ1v) is 10.1. The van der Waals surface area contributed by atoms with E-state index < -0.39 is 54.3 Å². The molecule has 1 fully saturated rings. The van der Waals surface area contributed by atoms with Crippen molar-refractivity contribution in [1.82, 2.24) is 20.9 Å². The normalized spacial score (nSPS) is 18.1. The molecule has 0 saturated carbocycles. The zero-order valence-electron chi connectivity index (χ0n) is 17.9. The molecule has 30 heavy (non-hydrogen) atoms. The number of rotatable bonds is 10. The van der Waals surface area contributed by atoms with E-state index in [0.29, 0.717) is 19.4 Å². The summed E-state index contributed by atoms with van der Waals surface area (Å²) in [5.74, 6) is -3.62. The van der Waals surface area contributed by atoms with Crippen LogP contribution in [0.15, 0.2) is 0 Å². The maximum atomic E-state index is 13.2. The molecule has 0 unspecified atom stereocenters. The Bertz CT molecular complexity index is 666. The third kappa shape index (κ3) is 6.97. The fraction of sp³-hybridized carbons (Fsp3) is 0.737. The van der Waals surface area contributed by atoms with Crippen molar-refractivity contribution in [2.75, 3.05) is 19.6 Å². The van der Waals surface area contributed by atoms with Crippen molar-refractivity contribution >= 4 is 29.6 Å². The molecular formula is C19H33N5O6. The Morgan fingerprint density at radius 1 is 1.03 bits per heavy atom. The first kappa shape index (κ1) is 25.3. The monoisotopic (exact) mass is 427 g/mol. The minimum Gasteiger partial charge on any atom is -0.480 e. The number of likely N-dealkylation sites (tertiary alicyclic amines) is 1. The van der Waals surface area contributed by atoms with Crippen molar-refractivity contribution in [2.45, 2.75) is 58.7 Å². The van der Waals surface area contributed by atoms with Crippen LogP contribution in [0.4, 0.5) is 0 Å². The second-order valence-electron chi connectivity index (χ2n) is 8.02. The minimum atomic E-state index is -1.18. The van der Waals surface area contributed by atoms with E-state index >= 15 is 0 Å². The molecule has 11 nitrogen and oxygen atoms in total. The molecule has 0 spiro atoms. The number of nitrogens with two attached hydrogens (primary N) is 1. The number of hydrogen-bond acceptors (Lipinski definition) is 6. The fourth-order valence-electron chi connectivity index (χ4n) is 3.29. The molecule has 0 bridgehead atoms. The van der Waals surface area contributed by atoms with E-state index in [1.165, 1.54) is 4.90 Å². The molecule has 0 radical (unpaired) electrons. The summed E-state index contributed by atoms with van der Waals surface area (Å²) in [5.41, 5.74) is 5.31. The molecule has 0 aromatic carbocycles. The summed E-state index contributed by atoms with van der Waals surface area (Å²) in [6, 6.07) is -2.54. The molecular weight excluding hydrogens is 394 g/mol. The number of carbonyl (C=O) groups is 5. The second kappa shape index (κ2) is 11.5. The highest BCUT2D eigenvalue weighted by molar-refractivity contribution is 5.95. The van der Waals surface area contributed by atoms with Gasteiger partial charge < -0.3 is 31.7 Å². The lowest BCUT2D eigenvalue weighted by molar-refractivity contribution is -0.143. The number of carboxylic acids is 1. The summed E-state index contributed by atoms with van der Waals surface area (Å²) >= 11 is 0. The SMILES string of the molecule is CC(C)[C@H](NC(=O)CN)C(=O)N[C@H](C(=O)N1CCC[C@H]1C(=O)NCC(=O)O)C(C)C. The van der Waals surface area contributed by atoms with Crippen LogP contribution >= 0.6 is 0 Å². The average molecular weight is 428 g/mol. The van der Waals surface area contributed by atoms with E-state index in [-0.39, 0.29) is 18.4 Å². The molecule has 1 saturated heterocycles. The lowest BCUT2D eigenvalue weighted by atomic mass is 9.99. The standard InChI is InChI=1S/C19H33N5O6/c1-10(2)15(22-13(25)8-20)18(29)23-16(11(3)4)19(30)24-7-5-6-12(24)17(28)21-9-14(26)27/h10-12,15-16H,5-9,20H2,1-4H3,(H,21,28)(H,22,25)(H,23,29)(H,26,27)/t12-,15-,16-/m0/s1. The molecule has 6 N–H and O–H groups in total. The zero-order valence-corrected chi connectivity index (χ0v) is 17.9. The first-order valence-electron chi connectivity index (χ1n) is 10.1. The van der Waals surface area contributed by atoms with Gasteiger partial charge in [0.15, 0.2) is 0 Å². The predicted molar refractivity (Wildman–Crippen MR) is 108 cm³/mol. The van der Waals surface area contributed by atoms with Gasteiger partial charge in [-0.25, -0.2) is 0 Å². The number of nitrogens with zero attached hydrogens (tertiary/aromatic N) is 1. The van der Waals surface area contributed by atoms with E-state index in [2.05, 4.69) is 16.0 Å². The summed E-state index contributed by atoms with van der Waals surface area (Å²) in [6.07, 6.45) is 1.01. The van der Waals surface area contributed by atoms with Gasteiger partial charge in [-0.1, -0.05) is 27.7 Å². The highest BCUT2D eigenvalue weighted by Crippen LogP contribution is 2.20. The fourth-order valence-corrected chi connectivity index (χ4v) is 3.29. The van der Waals surface area contributed by atoms with Gasteiger partial charge in [0.05, 0.1) is 6.54 Å². The summed E-state index contributed by atoms with van der Waals surface area (Å²) in [5, 5.41) is 16.3. The van der Waals surface area contributed by atoms with Crippen molar-refractivity contribution < 1.29 is 29.1 Å². The lowest BCUT2D eigenvalue weighted by Crippen LogP contribution is -2.59. The molecule has 1 aliphatic heterocycles. The average Bonchev–Trinajstić information content (AvgIpc) is 3.16. The Hall–Kier alpha value is -2.69. The molecule has 3 atom stereocenters. The summed E-state index contributed by atoms with van der Waals surface area (Å²) in [7, 11) is 0. The summed E-state index contributed by atoms with van der Waals surface area (Å²) < 4.78 is 0. The highest BCUT2D eigenvalue weighted by Gasteiger charge is 2.39. The van der Waals surface area contributed by atoms with Gasteiger partial charge in [0, 0.05) is 6.54 Å². The Morgan fingerprint density at radius 2 is 1.63 bits per heavy atom. The Balaban J connectivity index is 2.93. The molecule has 1 rings (SSSR count). The summed E-state index contributed by atoms with van der Waals surface area (Å²) in [4.78, 5) is 62.0. The number of hydrogen-bond donors (Lipinski definition) is 5. The van der Waals surface area contributed by atoms with E-state index in [1.54, 1.807) is 27.7 Å². The van der Waals surface area contributed by atoms with Gasteiger partial charge in [0.1, 0.15) is 24.7 Å². The number of amides is 4. The number of carbonyl (C=O) groups excluding carboxylic acids is 4. The maximum Gasteiger partial charge on any atom is 0.322 e. The first-order chi connectivity index (χ1) is 14.0. The number of carboxylic acid groups (broad SMARTS) is 1. The van der Waals surface area contributed by atoms with Crippen LogP contribution in [0.3, 0.4) is 0 Å². The molecule has 0 aliphatic carbocycles. The van der Waals surface area contributed by atoms with Crippen molar-refractivity contribution in [3.8, 4) is 0 Å². The molecule has 11 heteroatoms. The summed E-state index contributed by atoms with van der Waals surface area (Å²) in [6.45, 7) is 6.60. The third-order valence-corrected chi connectivity index (χ3v) is 4.93. The van der Waals surface area contributed by atoms with Gasteiger partial charge in [-0.2, -0.15) is 0 Å². The molecule has 0 aromatic rings. The van der Waals surface area contributed by atoms with Gasteiger partial charge in [-0.15, -0.1) is 0 Å². The predicted octanol–water partition coefficient (Wildman–Crippen LogP) is -1.58. The van der Waals surface area contributed by atoms with Crippen molar-refractivity contribution in [2.24, 2.45) is 17.6 Å². The largest absolute Gasteiger partial charge is 0.480 e. The Labute approximate surface area is 176 Å². The second-order valence-corrected chi connectivity index (χ2v) is 8.02. The van der Waals surface area contributed by atoms with Gasteiger partial charge >= 0.3 is 5.97 Å². The zero-order chi connectivity index (χ0) is 23.0. The van der Waals surface area contributed by atoms with Gasteiger partial charge in [-0.05, 0) is 24.7 Å². The van der Waals surface area contributed by atoms with Crippen molar-refractivity contribution in [1.29, 1.82) is 0 Å². The van der Waals surface area contributed by atoms with Crippen LogP contribution < -0.4 is 21.7 Å². The van der Waals surface area contributed by atoms with Crippen LogP contribution in [-0.2, 0) is 24.0 Å². The number of nitrogens with one attached hydrogen (secondary N) is 3. The van der Waals surface area contributed by atoms with Gasteiger partial charge in [-0.3, -0.25) is 24.0 Å². The van der Waals surface area contributed by atoms with Crippen molar-refractivity contribution in [3.63, 3.8) is 0 Å². The van der Waals surface area contributed by atoms with E-state index in [4.69, 9.17) is 10.8 Å². The quantitative estimate of drug-likeness (QED) is 0.280. The highest BCUT2D eigenvalue weighted by atomic mass is 16.4. The van der Waals surface area contributed by atoms with E-state index in [9.17, 15) is 24.0 Å². The molecule has 0 aromatic heterocycles. The third-order valence-electron chi connectivity index (χ3n) is 4.93. The van der Waals surface area contributed by atoms with Crippen LogP contribution in [0.2, 0.25) is 0 Å². The van der Waals surface area contributed by atoms with E-state index in [0.717, 1.165) is 0 Å². The Morgan fingerprint density at radius 3 is 2.13 bits per heavy atom. The van der Waals surface area contributed by atoms with Crippen LogP contribution in [0.1, 0.15) is 40.5 Å². The van der Waals surface area contributed by atoms with Crippen LogP contribution in [-0.4, -0.2) is 77.4 Å². The Kier molecular flexibility index (Phi) is 9.70. The van der Waals surface area contributed by atoms with Crippen LogP contribution in [0.25, 0.3) is 0 Å². The maximum absolute atomic E-state index is 13.2. The lowest BCUT2D eigenvalue weighted by Gasteiger charge is -2.32. The van der Waals surface area contributed by atoms with E-state index in [1.807, 2.05) is 0 Å². The molecule has 170 valence electrons. The number of aliphatic carboxylic acids is 1. The van der Waals surface area contributed by atoms with Crippen molar-refractivity contribution in [3.05, 3.63) is 0 Å². The van der Waals surface area contributed by atoms with Crippen LogP contribution in [0, 0.1) is 11.8 Å². The minimum absolute atomic E-state index is 0.232. The van der Waals surface area contributed by atoms with Crippen LogP contribution in [0.5, 0.6) is 0 Å². The van der Waals surface area contributed by atoms with Gasteiger partial charge in [0.25, 0.3) is 0 Å². The smallest absolute Gasteiger partial charge is 0.322 e. The molecule has 4 amide bonds. The molecule has 1 heterocycles. The topological polar surface area (TPSA) is 171 Å². The van der Waals surface area contributed by atoms with Gasteiger partial charge in [0.2, 0.25) is 23.6 Å². The molecule has 1 aliphatic rings.